The van der Waals surface area contributed by atoms with Crippen LogP contribution in [0.4, 0.5) is 13.2 Å². The fourth-order valence-electron chi connectivity index (χ4n) is 1.02. The van der Waals surface area contributed by atoms with Crippen LogP contribution in [-0.4, -0.2) is 18.9 Å². The van der Waals surface area contributed by atoms with E-state index < -0.39 is 12.8 Å². The van der Waals surface area contributed by atoms with Crippen LogP contribution < -0.4 is 9.47 Å². The molecule has 1 aromatic carbocycles. The third kappa shape index (κ3) is 4.91. The molecule has 1 rings (SSSR count). The minimum atomic E-state index is -4.34. The van der Waals surface area contributed by atoms with Gasteiger partial charge in [-0.3, -0.25) is 0 Å². The highest BCUT2D eigenvalue weighted by atomic mass is 19.4. The van der Waals surface area contributed by atoms with Gasteiger partial charge in [-0.05, 0) is 32.0 Å². The zero-order valence-electron chi connectivity index (χ0n) is 8.97. The van der Waals surface area contributed by atoms with Gasteiger partial charge in [0.2, 0.25) is 0 Å². The molecule has 0 fully saturated rings. The SMILES string of the molecule is CC(C)Oc1c[c]cc(OCC(F)(F)F)c1. The molecule has 16 heavy (non-hydrogen) atoms. The molecule has 1 radical (unpaired) electrons. The summed E-state index contributed by atoms with van der Waals surface area (Å²) in [5.74, 6) is 0.533. The summed E-state index contributed by atoms with van der Waals surface area (Å²) >= 11 is 0. The van der Waals surface area contributed by atoms with Crippen molar-refractivity contribution in [2.24, 2.45) is 0 Å². The Hall–Kier alpha value is -1.39. The van der Waals surface area contributed by atoms with Crippen LogP contribution in [0.15, 0.2) is 18.2 Å². The van der Waals surface area contributed by atoms with E-state index in [2.05, 4.69) is 10.8 Å². The zero-order valence-corrected chi connectivity index (χ0v) is 8.97. The Morgan fingerprint density at radius 2 is 1.88 bits per heavy atom. The summed E-state index contributed by atoms with van der Waals surface area (Å²) in [5.41, 5.74) is 0. The number of benzene rings is 1. The van der Waals surface area contributed by atoms with Gasteiger partial charge in [0.05, 0.1) is 6.10 Å². The molecule has 5 heteroatoms. The summed E-state index contributed by atoms with van der Waals surface area (Å²) in [7, 11) is 0. The molecule has 0 aliphatic carbocycles. The maximum absolute atomic E-state index is 11.9. The average Bonchev–Trinajstić information content (AvgIpc) is 2.13. The van der Waals surface area contributed by atoms with Crippen LogP contribution in [-0.2, 0) is 0 Å². The van der Waals surface area contributed by atoms with Crippen molar-refractivity contribution in [2.75, 3.05) is 6.61 Å². The molecule has 1 aromatic rings. The quantitative estimate of drug-likeness (QED) is 0.795. The van der Waals surface area contributed by atoms with E-state index in [0.717, 1.165) is 0 Å². The number of hydrogen-bond donors (Lipinski definition) is 0. The van der Waals surface area contributed by atoms with Gasteiger partial charge in [-0.2, -0.15) is 13.2 Å². The summed E-state index contributed by atoms with van der Waals surface area (Å²) < 4.78 is 45.5. The Bertz CT molecular complexity index is 334. The van der Waals surface area contributed by atoms with Gasteiger partial charge in [0.25, 0.3) is 0 Å². The summed E-state index contributed by atoms with van der Waals surface area (Å²) in [4.78, 5) is 0. The lowest BCUT2D eigenvalue weighted by molar-refractivity contribution is -0.153. The highest BCUT2D eigenvalue weighted by Crippen LogP contribution is 2.22. The van der Waals surface area contributed by atoms with Crippen molar-refractivity contribution in [2.45, 2.75) is 26.1 Å². The monoisotopic (exact) mass is 233 g/mol. The normalized spacial score (nSPS) is 11.6. The van der Waals surface area contributed by atoms with Gasteiger partial charge in [0, 0.05) is 6.07 Å². The van der Waals surface area contributed by atoms with Crippen molar-refractivity contribution >= 4 is 0 Å². The lowest BCUT2D eigenvalue weighted by atomic mass is 10.3. The summed E-state index contributed by atoms with van der Waals surface area (Å²) in [6, 6.07) is 6.93. The topological polar surface area (TPSA) is 18.5 Å². The molecule has 0 saturated heterocycles. The van der Waals surface area contributed by atoms with Crippen molar-refractivity contribution in [1.82, 2.24) is 0 Å². The molecule has 0 aliphatic rings. The molecule has 0 bridgehead atoms. The Labute approximate surface area is 92.0 Å². The molecule has 0 spiro atoms. The highest BCUT2D eigenvalue weighted by molar-refractivity contribution is 5.32. The van der Waals surface area contributed by atoms with Crippen molar-refractivity contribution in [3.05, 3.63) is 24.3 Å². The molecule has 0 aromatic heterocycles. The van der Waals surface area contributed by atoms with Crippen LogP contribution in [0.1, 0.15) is 13.8 Å². The molecule has 0 amide bonds. The van der Waals surface area contributed by atoms with Gasteiger partial charge in [-0.15, -0.1) is 0 Å². The minimum Gasteiger partial charge on any atom is -0.491 e. The van der Waals surface area contributed by atoms with E-state index in [1.807, 2.05) is 13.8 Å². The fraction of sp³-hybridized carbons (Fsp3) is 0.455. The molecule has 0 aliphatic heterocycles. The number of hydrogen-bond acceptors (Lipinski definition) is 2. The molecule has 0 N–H and O–H groups in total. The number of ether oxygens (including phenoxy) is 2. The summed E-state index contributed by atoms with van der Waals surface area (Å²) in [6.07, 6.45) is -4.39. The Kier molecular flexibility index (Phi) is 4.04. The molecule has 0 saturated carbocycles. The van der Waals surface area contributed by atoms with E-state index >= 15 is 0 Å². The number of alkyl halides is 3. The lowest BCUT2D eigenvalue weighted by Crippen LogP contribution is -2.19. The van der Waals surface area contributed by atoms with Gasteiger partial charge in [0.15, 0.2) is 6.61 Å². The van der Waals surface area contributed by atoms with Gasteiger partial charge >= 0.3 is 6.18 Å². The van der Waals surface area contributed by atoms with E-state index in [1.54, 1.807) is 6.07 Å². The van der Waals surface area contributed by atoms with E-state index in [0.29, 0.717) is 5.75 Å². The Balaban J connectivity index is 2.60. The van der Waals surface area contributed by atoms with Crippen molar-refractivity contribution in [3.8, 4) is 11.5 Å². The number of rotatable bonds is 4. The molecular weight excluding hydrogens is 221 g/mol. The second kappa shape index (κ2) is 5.09. The Morgan fingerprint density at radius 1 is 1.25 bits per heavy atom. The van der Waals surface area contributed by atoms with Gasteiger partial charge in [-0.25, -0.2) is 0 Å². The summed E-state index contributed by atoms with van der Waals surface area (Å²) in [6.45, 7) is 2.33. The third-order valence-corrected chi connectivity index (χ3v) is 1.51. The van der Waals surface area contributed by atoms with Crippen molar-refractivity contribution < 1.29 is 22.6 Å². The summed E-state index contributed by atoms with van der Waals surface area (Å²) in [5, 5.41) is 0. The van der Waals surface area contributed by atoms with Crippen LogP contribution >= 0.6 is 0 Å². The van der Waals surface area contributed by atoms with Crippen LogP contribution in [0.2, 0.25) is 0 Å². The first-order valence-electron chi connectivity index (χ1n) is 4.74. The van der Waals surface area contributed by atoms with Crippen molar-refractivity contribution in [1.29, 1.82) is 0 Å². The second-order valence-electron chi connectivity index (χ2n) is 3.47. The van der Waals surface area contributed by atoms with Crippen LogP contribution in [0.25, 0.3) is 0 Å². The highest BCUT2D eigenvalue weighted by Gasteiger charge is 2.28. The van der Waals surface area contributed by atoms with Crippen LogP contribution in [0, 0.1) is 6.07 Å². The molecule has 0 atom stereocenters. The number of halogens is 3. The van der Waals surface area contributed by atoms with Gasteiger partial charge in [0.1, 0.15) is 11.5 Å². The van der Waals surface area contributed by atoms with E-state index in [1.165, 1.54) is 12.1 Å². The maximum Gasteiger partial charge on any atom is 0.422 e. The standard InChI is InChI=1S/C11H12F3O2/c1-8(2)16-10-5-3-4-9(6-10)15-7-11(12,13)14/h4-6,8H,7H2,1-2H3. The average molecular weight is 233 g/mol. The maximum atomic E-state index is 11.9. The fourth-order valence-corrected chi connectivity index (χ4v) is 1.02. The first-order chi connectivity index (χ1) is 7.37. The first-order valence-corrected chi connectivity index (χ1v) is 4.74. The van der Waals surface area contributed by atoms with Gasteiger partial charge < -0.3 is 9.47 Å². The van der Waals surface area contributed by atoms with Crippen LogP contribution in [0.5, 0.6) is 11.5 Å². The molecule has 89 valence electrons. The van der Waals surface area contributed by atoms with Gasteiger partial charge in [-0.1, -0.05) is 0 Å². The largest absolute Gasteiger partial charge is 0.491 e. The third-order valence-electron chi connectivity index (χ3n) is 1.51. The lowest BCUT2D eigenvalue weighted by Gasteiger charge is -2.12. The molecule has 0 heterocycles. The smallest absolute Gasteiger partial charge is 0.422 e. The predicted octanol–water partition coefficient (Wildman–Crippen LogP) is 3.22. The first kappa shape index (κ1) is 12.7. The molecule has 2 nitrogen and oxygen atoms in total. The predicted molar refractivity (Wildman–Crippen MR) is 52.6 cm³/mol. The molecule has 0 unspecified atom stereocenters. The zero-order chi connectivity index (χ0) is 12.2. The molecular formula is C11H12F3O2. The van der Waals surface area contributed by atoms with Crippen molar-refractivity contribution in [3.63, 3.8) is 0 Å². The van der Waals surface area contributed by atoms with E-state index in [-0.39, 0.29) is 11.9 Å². The van der Waals surface area contributed by atoms with E-state index in [4.69, 9.17) is 4.74 Å². The van der Waals surface area contributed by atoms with Crippen LogP contribution in [0.3, 0.4) is 0 Å². The Morgan fingerprint density at radius 3 is 2.44 bits per heavy atom. The van der Waals surface area contributed by atoms with E-state index in [9.17, 15) is 13.2 Å². The minimum absolute atomic E-state index is 0.0498. The second-order valence-corrected chi connectivity index (χ2v) is 3.47.